The first-order valence-corrected chi connectivity index (χ1v) is 12.2. The number of methoxy groups -OCH3 is 2. The molecule has 0 radical (unpaired) electrons. The normalized spacial score (nSPS) is 12.7. The van der Waals surface area contributed by atoms with Crippen molar-refractivity contribution in [1.29, 1.82) is 0 Å². The summed E-state index contributed by atoms with van der Waals surface area (Å²) in [5, 5.41) is 3.03. The number of benzene rings is 3. The van der Waals surface area contributed by atoms with Gasteiger partial charge in [0.1, 0.15) is 19.0 Å². The molecule has 9 nitrogen and oxygen atoms in total. The molecule has 9 heteroatoms. The zero-order valence-corrected chi connectivity index (χ0v) is 21.4. The summed E-state index contributed by atoms with van der Waals surface area (Å²) in [4.78, 5) is 37.0. The van der Waals surface area contributed by atoms with Gasteiger partial charge in [0, 0.05) is 28.7 Å². The van der Waals surface area contributed by atoms with E-state index in [0.717, 1.165) is 16.5 Å². The number of imide groups is 1. The number of carbonyl (C=O) groups excluding carboxylic acids is 3. The van der Waals surface area contributed by atoms with Crippen LogP contribution in [0.15, 0.2) is 79.0 Å². The van der Waals surface area contributed by atoms with Crippen LogP contribution in [0.25, 0.3) is 16.5 Å². The highest BCUT2D eigenvalue weighted by Crippen LogP contribution is 2.32. The number of aromatic nitrogens is 1. The predicted molar refractivity (Wildman–Crippen MR) is 144 cm³/mol. The average molecular weight is 527 g/mol. The summed E-state index contributed by atoms with van der Waals surface area (Å²) >= 11 is 0. The van der Waals surface area contributed by atoms with Gasteiger partial charge in [-0.1, -0.05) is 30.3 Å². The van der Waals surface area contributed by atoms with Gasteiger partial charge in [0.15, 0.2) is 11.5 Å². The summed E-state index contributed by atoms with van der Waals surface area (Å²) in [7, 11) is 3.01. The van der Waals surface area contributed by atoms with Crippen LogP contribution in [-0.4, -0.2) is 43.2 Å². The highest BCUT2D eigenvalue weighted by Gasteiger charge is 2.25. The standard InChI is InChI=1S/C30H26N2O7/c1-36-26-11-8-20(14-27(26)37-2)30(35)38-13-12-32-17-24(23-16-28(33)31-29(23)34)22-15-21(9-10-25(22)32)39-18-19-6-4-3-5-7-19/h3-11,14-17H,12-13,18H2,1-2H3,(H,31,33,34). The Kier molecular flexibility index (Phi) is 7.31. The third kappa shape index (κ3) is 5.47. The number of fused-ring (bicyclic) bond motifs is 1. The molecule has 0 bridgehead atoms. The SMILES string of the molecule is COc1ccc(C(=O)OCCn2cc(C3=CC(=O)NC3=O)c3cc(OCc4ccccc4)ccc32)cc1OC. The van der Waals surface area contributed by atoms with Gasteiger partial charge in [-0.3, -0.25) is 14.9 Å². The van der Waals surface area contributed by atoms with E-state index in [-0.39, 0.29) is 12.2 Å². The molecule has 0 aliphatic carbocycles. The monoisotopic (exact) mass is 526 g/mol. The Balaban J connectivity index is 1.37. The minimum Gasteiger partial charge on any atom is -0.493 e. The van der Waals surface area contributed by atoms with E-state index in [4.69, 9.17) is 18.9 Å². The third-order valence-corrected chi connectivity index (χ3v) is 6.33. The van der Waals surface area contributed by atoms with E-state index in [2.05, 4.69) is 5.32 Å². The van der Waals surface area contributed by atoms with E-state index in [1.54, 1.807) is 24.4 Å². The highest BCUT2D eigenvalue weighted by atomic mass is 16.5. The van der Waals surface area contributed by atoms with Crippen molar-refractivity contribution < 1.29 is 33.3 Å². The summed E-state index contributed by atoms with van der Waals surface area (Å²) in [5.74, 6) is 0.126. The highest BCUT2D eigenvalue weighted by molar-refractivity contribution is 6.35. The number of amides is 2. The molecule has 198 valence electrons. The van der Waals surface area contributed by atoms with E-state index in [9.17, 15) is 14.4 Å². The van der Waals surface area contributed by atoms with Crippen LogP contribution in [0.1, 0.15) is 21.5 Å². The van der Waals surface area contributed by atoms with Crippen molar-refractivity contribution in [2.75, 3.05) is 20.8 Å². The van der Waals surface area contributed by atoms with Gasteiger partial charge in [0.25, 0.3) is 11.8 Å². The fourth-order valence-corrected chi connectivity index (χ4v) is 4.40. The molecule has 1 aliphatic heterocycles. The first kappa shape index (κ1) is 25.6. The van der Waals surface area contributed by atoms with Crippen molar-refractivity contribution in [3.05, 3.63) is 95.7 Å². The third-order valence-electron chi connectivity index (χ3n) is 6.33. The first-order valence-electron chi connectivity index (χ1n) is 12.2. The van der Waals surface area contributed by atoms with Crippen molar-refractivity contribution in [2.45, 2.75) is 13.2 Å². The molecule has 2 amide bonds. The molecule has 3 aromatic carbocycles. The molecule has 1 N–H and O–H groups in total. The number of esters is 1. The molecule has 4 aromatic rings. The van der Waals surface area contributed by atoms with Crippen LogP contribution in [0, 0.1) is 0 Å². The maximum atomic E-state index is 12.6. The summed E-state index contributed by atoms with van der Waals surface area (Å²) in [6.45, 7) is 0.783. The van der Waals surface area contributed by atoms with E-state index in [1.807, 2.05) is 53.1 Å². The van der Waals surface area contributed by atoms with Crippen LogP contribution >= 0.6 is 0 Å². The minimum absolute atomic E-state index is 0.0762. The molecule has 1 aliphatic rings. The van der Waals surface area contributed by atoms with Gasteiger partial charge in [0.2, 0.25) is 0 Å². The lowest BCUT2D eigenvalue weighted by Crippen LogP contribution is -2.21. The molecule has 5 rings (SSSR count). The van der Waals surface area contributed by atoms with Gasteiger partial charge in [-0.05, 0) is 42.0 Å². The number of rotatable bonds is 10. The fourth-order valence-electron chi connectivity index (χ4n) is 4.40. The first-order chi connectivity index (χ1) is 19.0. The molecule has 0 unspecified atom stereocenters. The summed E-state index contributed by atoms with van der Waals surface area (Å²) in [5.41, 5.74) is 3.01. The number of hydrogen-bond acceptors (Lipinski definition) is 7. The lowest BCUT2D eigenvalue weighted by atomic mass is 10.1. The van der Waals surface area contributed by atoms with Gasteiger partial charge < -0.3 is 23.5 Å². The number of ether oxygens (including phenoxy) is 4. The van der Waals surface area contributed by atoms with E-state index < -0.39 is 17.8 Å². The van der Waals surface area contributed by atoms with Crippen molar-refractivity contribution in [1.82, 2.24) is 9.88 Å². The van der Waals surface area contributed by atoms with Gasteiger partial charge in [-0.2, -0.15) is 0 Å². The lowest BCUT2D eigenvalue weighted by molar-refractivity contribution is -0.123. The smallest absolute Gasteiger partial charge is 0.338 e. The predicted octanol–water partition coefficient (Wildman–Crippen LogP) is 4.13. The molecule has 2 heterocycles. The van der Waals surface area contributed by atoms with Crippen molar-refractivity contribution in [3.8, 4) is 17.2 Å². The Hall–Kier alpha value is -5.05. The molecule has 1 aromatic heterocycles. The second-order valence-corrected chi connectivity index (χ2v) is 8.77. The second-order valence-electron chi connectivity index (χ2n) is 8.77. The van der Waals surface area contributed by atoms with Crippen LogP contribution in [0.3, 0.4) is 0 Å². The molecule has 0 atom stereocenters. The molecule has 0 fully saturated rings. The number of nitrogens with one attached hydrogen (secondary N) is 1. The lowest BCUT2D eigenvalue weighted by Gasteiger charge is -2.11. The van der Waals surface area contributed by atoms with Crippen LogP contribution in [0.4, 0.5) is 0 Å². The minimum atomic E-state index is -0.507. The largest absolute Gasteiger partial charge is 0.493 e. The zero-order chi connectivity index (χ0) is 27.4. The van der Waals surface area contributed by atoms with Gasteiger partial charge in [0.05, 0.1) is 31.9 Å². The van der Waals surface area contributed by atoms with E-state index >= 15 is 0 Å². The van der Waals surface area contributed by atoms with Gasteiger partial charge >= 0.3 is 5.97 Å². The number of nitrogens with zero attached hydrogens (tertiary/aromatic N) is 1. The second kappa shape index (κ2) is 11.1. The summed E-state index contributed by atoms with van der Waals surface area (Å²) < 4.78 is 23.8. The van der Waals surface area contributed by atoms with Crippen LogP contribution in [-0.2, 0) is 27.5 Å². The van der Waals surface area contributed by atoms with Crippen molar-refractivity contribution in [3.63, 3.8) is 0 Å². The maximum Gasteiger partial charge on any atom is 0.338 e. The Morgan fingerprint density at radius 1 is 0.923 bits per heavy atom. The van der Waals surface area contributed by atoms with Gasteiger partial charge in [-0.15, -0.1) is 0 Å². The zero-order valence-electron chi connectivity index (χ0n) is 21.4. The van der Waals surface area contributed by atoms with Crippen LogP contribution < -0.4 is 19.5 Å². The van der Waals surface area contributed by atoms with Crippen LogP contribution in [0.5, 0.6) is 17.2 Å². The summed E-state index contributed by atoms with van der Waals surface area (Å²) in [6.07, 6.45) is 3.07. The van der Waals surface area contributed by atoms with E-state index in [1.165, 1.54) is 20.3 Å². The van der Waals surface area contributed by atoms with E-state index in [0.29, 0.717) is 41.5 Å². The molecular weight excluding hydrogens is 500 g/mol. The molecule has 39 heavy (non-hydrogen) atoms. The topological polar surface area (TPSA) is 105 Å². The average Bonchev–Trinajstić information content (AvgIpc) is 3.49. The van der Waals surface area contributed by atoms with Gasteiger partial charge in [-0.25, -0.2) is 4.79 Å². The summed E-state index contributed by atoms with van der Waals surface area (Å²) in [6, 6.07) is 20.1. The molecule has 0 saturated carbocycles. The Bertz CT molecular complexity index is 1590. The van der Waals surface area contributed by atoms with Crippen molar-refractivity contribution >= 4 is 34.3 Å². The molecule has 0 saturated heterocycles. The van der Waals surface area contributed by atoms with Crippen molar-refractivity contribution in [2.24, 2.45) is 0 Å². The Morgan fingerprint density at radius 2 is 1.72 bits per heavy atom. The Morgan fingerprint density at radius 3 is 2.44 bits per heavy atom. The molecular formula is C30H26N2O7. The Labute approximate surface area is 224 Å². The number of carbonyl (C=O) groups is 3. The quantitative estimate of drug-likeness (QED) is 0.245. The fraction of sp³-hybridized carbons (Fsp3) is 0.167. The van der Waals surface area contributed by atoms with Crippen LogP contribution in [0.2, 0.25) is 0 Å². The maximum absolute atomic E-state index is 12.6. The number of hydrogen-bond donors (Lipinski definition) is 1. The molecule has 0 spiro atoms.